The highest BCUT2D eigenvalue weighted by atomic mass is 16.6. The lowest BCUT2D eigenvalue weighted by molar-refractivity contribution is -0.149. The molecule has 0 aromatic heterocycles. The number of hydrogen-bond donors (Lipinski definition) is 2. The van der Waals surface area contributed by atoms with Crippen LogP contribution in [0, 0.1) is 0 Å². The summed E-state index contributed by atoms with van der Waals surface area (Å²) in [6.45, 7) is 4.98. The Hall–Kier alpha value is -3.35. The highest BCUT2D eigenvalue weighted by Gasteiger charge is 2.24. The molecular weight excluding hydrogens is 384 g/mol. The van der Waals surface area contributed by atoms with Crippen molar-refractivity contribution >= 4 is 18.0 Å². The maximum atomic E-state index is 12.6. The van der Waals surface area contributed by atoms with Gasteiger partial charge in [0.25, 0.3) is 0 Å². The van der Waals surface area contributed by atoms with Crippen molar-refractivity contribution in [2.75, 3.05) is 6.54 Å². The fourth-order valence-corrected chi connectivity index (χ4v) is 2.58. The molecule has 7 nitrogen and oxygen atoms in total. The van der Waals surface area contributed by atoms with Gasteiger partial charge in [0.15, 0.2) is 0 Å². The van der Waals surface area contributed by atoms with Crippen LogP contribution in [0.15, 0.2) is 60.7 Å². The second-order valence-corrected chi connectivity index (χ2v) is 7.76. The fourth-order valence-electron chi connectivity index (χ4n) is 2.58. The number of nitrogens with one attached hydrogen (secondary N) is 2. The van der Waals surface area contributed by atoms with Gasteiger partial charge in [0.05, 0.1) is 0 Å². The molecular formula is C23H28N2O5. The Balaban J connectivity index is 1.95. The van der Waals surface area contributed by atoms with Gasteiger partial charge in [-0.3, -0.25) is 4.79 Å². The molecule has 2 N–H and O–H groups in total. The molecule has 2 aromatic rings. The minimum atomic E-state index is -0.885. The zero-order valence-electron chi connectivity index (χ0n) is 17.5. The quantitative estimate of drug-likeness (QED) is 0.650. The summed E-state index contributed by atoms with van der Waals surface area (Å²) in [5.74, 6) is -1.06. The van der Waals surface area contributed by atoms with E-state index in [0.717, 1.165) is 11.1 Å². The summed E-state index contributed by atoms with van der Waals surface area (Å²) in [6.07, 6.45) is -0.434. The molecule has 0 aliphatic heterocycles. The van der Waals surface area contributed by atoms with Crippen molar-refractivity contribution in [1.82, 2.24) is 10.6 Å². The van der Waals surface area contributed by atoms with Crippen molar-refractivity contribution in [3.63, 3.8) is 0 Å². The summed E-state index contributed by atoms with van der Waals surface area (Å²) in [5.41, 5.74) is 1.05. The van der Waals surface area contributed by atoms with E-state index in [1.165, 1.54) is 0 Å². The van der Waals surface area contributed by atoms with Crippen molar-refractivity contribution < 1.29 is 23.9 Å². The van der Waals surface area contributed by atoms with Gasteiger partial charge in [-0.05, 0) is 31.9 Å². The molecule has 0 aliphatic carbocycles. The Labute approximate surface area is 176 Å². The SMILES string of the molecule is CC(C)(C)OC(=O)NCC(=O)NC(Cc1ccccc1)C(=O)OCc1ccccc1. The Morgan fingerprint density at radius 1 is 0.900 bits per heavy atom. The molecule has 1 unspecified atom stereocenters. The molecule has 7 heteroatoms. The molecule has 0 spiro atoms. The first-order valence-corrected chi connectivity index (χ1v) is 9.73. The summed E-state index contributed by atoms with van der Waals surface area (Å²) in [5, 5.41) is 5.02. The molecule has 0 radical (unpaired) electrons. The molecule has 2 amide bonds. The van der Waals surface area contributed by atoms with Crippen LogP contribution in [0.4, 0.5) is 4.79 Å². The molecule has 0 saturated heterocycles. The van der Waals surface area contributed by atoms with Gasteiger partial charge in [-0.15, -0.1) is 0 Å². The number of amides is 2. The third kappa shape index (κ3) is 8.77. The Bertz CT molecular complexity index is 832. The largest absolute Gasteiger partial charge is 0.459 e. The van der Waals surface area contributed by atoms with Gasteiger partial charge in [-0.25, -0.2) is 9.59 Å². The van der Waals surface area contributed by atoms with Crippen LogP contribution in [0.3, 0.4) is 0 Å². The molecule has 30 heavy (non-hydrogen) atoms. The highest BCUT2D eigenvalue weighted by Crippen LogP contribution is 2.08. The third-order valence-corrected chi connectivity index (χ3v) is 3.92. The van der Waals surface area contributed by atoms with Gasteiger partial charge in [0.1, 0.15) is 24.8 Å². The standard InChI is InChI=1S/C23H28N2O5/c1-23(2,3)30-22(28)24-15-20(26)25-19(14-17-10-6-4-7-11-17)21(27)29-16-18-12-8-5-9-13-18/h4-13,19H,14-16H2,1-3H3,(H,24,28)(H,25,26). The smallest absolute Gasteiger partial charge is 0.408 e. The van der Waals surface area contributed by atoms with Gasteiger partial charge in [-0.2, -0.15) is 0 Å². The number of rotatable bonds is 8. The first-order chi connectivity index (χ1) is 14.2. The normalized spacial score (nSPS) is 11.8. The summed E-state index contributed by atoms with van der Waals surface area (Å²) in [7, 11) is 0. The number of carbonyl (C=O) groups excluding carboxylic acids is 3. The topological polar surface area (TPSA) is 93.7 Å². The average molecular weight is 412 g/mol. The molecule has 160 valence electrons. The van der Waals surface area contributed by atoms with Crippen LogP contribution in [0.1, 0.15) is 31.9 Å². The van der Waals surface area contributed by atoms with Crippen molar-refractivity contribution in [1.29, 1.82) is 0 Å². The summed E-state index contributed by atoms with van der Waals surface area (Å²) >= 11 is 0. The van der Waals surface area contributed by atoms with Crippen molar-refractivity contribution in [3.05, 3.63) is 71.8 Å². The number of alkyl carbamates (subject to hydrolysis) is 1. The Kier molecular flexibility index (Phi) is 8.41. The third-order valence-electron chi connectivity index (χ3n) is 3.92. The molecule has 0 aliphatic rings. The zero-order chi connectivity index (χ0) is 22.0. The van der Waals surface area contributed by atoms with Crippen LogP contribution in [0.25, 0.3) is 0 Å². The minimum absolute atomic E-state index is 0.108. The second kappa shape index (κ2) is 11.0. The Morgan fingerprint density at radius 3 is 2.03 bits per heavy atom. The van der Waals surface area contributed by atoms with Crippen LogP contribution in [-0.4, -0.2) is 36.2 Å². The van der Waals surface area contributed by atoms with Crippen LogP contribution < -0.4 is 10.6 Å². The number of benzene rings is 2. The highest BCUT2D eigenvalue weighted by molar-refractivity contribution is 5.87. The van der Waals surface area contributed by atoms with Gasteiger partial charge in [-0.1, -0.05) is 60.7 Å². The van der Waals surface area contributed by atoms with Gasteiger partial charge < -0.3 is 20.1 Å². The van der Waals surface area contributed by atoms with Gasteiger partial charge in [0, 0.05) is 6.42 Å². The molecule has 0 bridgehead atoms. The number of hydrogen-bond acceptors (Lipinski definition) is 5. The lowest BCUT2D eigenvalue weighted by Gasteiger charge is -2.20. The van der Waals surface area contributed by atoms with Crippen molar-refractivity contribution in [3.8, 4) is 0 Å². The molecule has 0 saturated carbocycles. The zero-order valence-corrected chi connectivity index (χ0v) is 17.5. The van der Waals surface area contributed by atoms with E-state index >= 15 is 0 Å². The molecule has 0 fully saturated rings. The molecule has 1 atom stereocenters. The molecule has 2 aromatic carbocycles. The van der Waals surface area contributed by atoms with E-state index < -0.39 is 29.6 Å². The van der Waals surface area contributed by atoms with E-state index in [-0.39, 0.29) is 19.6 Å². The fraction of sp³-hybridized carbons (Fsp3) is 0.348. The van der Waals surface area contributed by atoms with E-state index in [1.54, 1.807) is 20.8 Å². The van der Waals surface area contributed by atoms with Crippen molar-refractivity contribution in [2.45, 2.75) is 45.4 Å². The van der Waals surface area contributed by atoms with Gasteiger partial charge in [0.2, 0.25) is 5.91 Å². The first-order valence-electron chi connectivity index (χ1n) is 9.73. The predicted octanol–water partition coefficient (Wildman–Crippen LogP) is 2.98. The van der Waals surface area contributed by atoms with Crippen LogP contribution >= 0.6 is 0 Å². The first kappa shape index (κ1) is 22.9. The van der Waals surface area contributed by atoms with Gasteiger partial charge >= 0.3 is 12.1 Å². The van der Waals surface area contributed by atoms with E-state index in [9.17, 15) is 14.4 Å². The van der Waals surface area contributed by atoms with E-state index in [0.29, 0.717) is 0 Å². The summed E-state index contributed by atoms with van der Waals surface area (Å²) in [6, 6.07) is 17.7. The Morgan fingerprint density at radius 2 is 1.47 bits per heavy atom. The van der Waals surface area contributed by atoms with Crippen LogP contribution in [0.2, 0.25) is 0 Å². The number of ether oxygens (including phenoxy) is 2. The minimum Gasteiger partial charge on any atom is -0.459 e. The maximum absolute atomic E-state index is 12.6. The predicted molar refractivity (Wildman–Crippen MR) is 113 cm³/mol. The molecule has 0 heterocycles. The second-order valence-electron chi connectivity index (χ2n) is 7.76. The number of carbonyl (C=O) groups is 3. The lowest BCUT2D eigenvalue weighted by Crippen LogP contribution is -2.47. The van der Waals surface area contributed by atoms with Crippen LogP contribution in [0.5, 0.6) is 0 Å². The average Bonchev–Trinajstić information content (AvgIpc) is 2.70. The monoisotopic (exact) mass is 412 g/mol. The van der Waals surface area contributed by atoms with E-state index in [4.69, 9.17) is 9.47 Å². The number of esters is 1. The lowest BCUT2D eigenvalue weighted by atomic mass is 10.1. The summed E-state index contributed by atoms with van der Waals surface area (Å²) < 4.78 is 10.5. The maximum Gasteiger partial charge on any atom is 0.408 e. The van der Waals surface area contributed by atoms with E-state index in [1.807, 2.05) is 60.7 Å². The summed E-state index contributed by atoms with van der Waals surface area (Å²) in [4.78, 5) is 36.7. The van der Waals surface area contributed by atoms with E-state index in [2.05, 4.69) is 10.6 Å². The van der Waals surface area contributed by atoms with Crippen LogP contribution in [-0.2, 0) is 32.1 Å². The van der Waals surface area contributed by atoms with Crippen molar-refractivity contribution in [2.24, 2.45) is 0 Å². The molecule has 2 rings (SSSR count).